The molecule has 0 saturated heterocycles. The van der Waals surface area contributed by atoms with Crippen LogP contribution in [0.4, 0.5) is 19.0 Å². The van der Waals surface area contributed by atoms with E-state index >= 15 is 0 Å². The molecule has 0 unspecified atom stereocenters. The van der Waals surface area contributed by atoms with Gasteiger partial charge < -0.3 is 20.7 Å². The van der Waals surface area contributed by atoms with Crippen LogP contribution in [0, 0.1) is 5.92 Å². The lowest BCUT2D eigenvalue weighted by molar-refractivity contribution is -0.153. The number of carbonyl (C=O) groups excluding carboxylic acids is 2. The van der Waals surface area contributed by atoms with Crippen molar-refractivity contribution >= 4 is 23.3 Å². The molecule has 2 aromatic heterocycles. The predicted octanol–water partition coefficient (Wildman–Crippen LogP) is 3.57. The van der Waals surface area contributed by atoms with Crippen molar-refractivity contribution in [1.29, 1.82) is 0 Å². The Kier molecular flexibility index (Phi) is 5.32. The minimum absolute atomic E-state index is 0.0180. The molecule has 2 aliphatic carbocycles. The second-order valence-electron chi connectivity index (χ2n) is 10.0. The summed E-state index contributed by atoms with van der Waals surface area (Å²) in [7, 11) is 0. The van der Waals surface area contributed by atoms with E-state index in [4.69, 9.17) is 10.5 Å². The van der Waals surface area contributed by atoms with Gasteiger partial charge in [-0.15, -0.1) is 5.10 Å². The van der Waals surface area contributed by atoms with E-state index in [-0.39, 0.29) is 58.8 Å². The molecule has 1 aromatic carbocycles. The Morgan fingerprint density at radius 1 is 1.27 bits per heavy atom. The highest BCUT2D eigenvalue weighted by atomic mass is 19.4. The number of alkyl halides is 3. The quantitative estimate of drug-likeness (QED) is 0.498. The van der Waals surface area contributed by atoms with E-state index in [1.165, 1.54) is 10.6 Å². The number of nitrogens with one attached hydrogen (secondary N) is 1. The molecule has 1 aliphatic heterocycles. The van der Waals surface area contributed by atoms with Crippen LogP contribution in [0.1, 0.15) is 58.9 Å². The number of benzene rings is 1. The normalized spacial score (nSPS) is 18.3. The number of nitrogen functional groups attached to an aromatic ring is 1. The zero-order chi connectivity index (χ0) is 26.1. The number of ether oxygens (including phenoxy) is 1. The van der Waals surface area contributed by atoms with E-state index in [1.807, 2.05) is 6.92 Å². The Balaban J connectivity index is 1.41. The molecule has 3 aliphatic rings. The lowest BCUT2D eigenvalue weighted by atomic mass is 10.0. The largest absolute Gasteiger partial charge is 0.483 e. The van der Waals surface area contributed by atoms with Gasteiger partial charge >= 0.3 is 6.18 Å². The van der Waals surface area contributed by atoms with E-state index in [0.717, 1.165) is 25.7 Å². The van der Waals surface area contributed by atoms with Gasteiger partial charge in [-0.25, -0.2) is 9.50 Å². The number of nitrogens with zero attached hydrogens (tertiary/aromatic N) is 4. The number of nitrogens with two attached hydrogens (primary N) is 1. The lowest BCUT2D eigenvalue weighted by Gasteiger charge is -2.24. The molecule has 3 N–H and O–H groups in total. The maximum Gasteiger partial charge on any atom is 0.422 e. The third-order valence-electron chi connectivity index (χ3n) is 7.13. The minimum Gasteiger partial charge on any atom is -0.483 e. The van der Waals surface area contributed by atoms with E-state index in [9.17, 15) is 22.8 Å². The molecule has 1 atom stereocenters. The average Bonchev–Trinajstić information content (AvgIpc) is 3.77. The Labute approximate surface area is 209 Å². The molecule has 2 amide bonds. The summed E-state index contributed by atoms with van der Waals surface area (Å²) >= 11 is 0. The van der Waals surface area contributed by atoms with Gasteiger partial charge in [0.25, 0.3) is 11.8 Å². The first-order chi connectivity index (χ1) is 17.6. The van der Waals surface area contributed by atoms with E-state index < -0.39 is 12.8 Å². The van der Waals surface area contributed by atoms with Crippen LogP contribution in [0.5, 0.6) is 5.75 Å². The highest BCUT2D eigenvalue weighted by Crippen LogP contribution is 2.42. The van der Waals surface area contributed by atoms with Crippen LogP contribution in [0.15, 0.2) is 24.4 Å². The van der Waals surface area contributed by atoms with Crippen molar-refractivity contribution < 1.29 is 27.5 Å². The molecule has 0 bridgehead atoms. The minimum atomic E-state index is -4.57. The van der Waals surface area contributed by atoms with Crippen LogP contribution in [-0.4, -0.2) is 56.2 Å². The van der Waals surface area contributed by atoms with Gasteiger partial charge in [-0.1, -0.05) is 0 Å². The van der Waals surface area contributed by atoms with E-state index in [0.29, 0.717) is 22.7 Å². The number of hydrogen-bond acceptors (Lipinski definition) is 6. The molecule has 12 heteroatoms. The van der Waals surface area contributed by atoms with Gasteiger partial charge in [0.1, 0.15) is 11.3 Å². The van der Waals surface area contributed by atoms with Crippen molar-refractivity contribution in [1.82, 2.24) is 24.8 Å². The Bertz CT molecular complexity index is 1430. The molecule has 3 aromatic rings. The van der Waals surface area contributed by atoms with Crippen molar-refractivity contribution in [3.63, 3.8) is 0 Å². The van der Waals surface area contributed by atoms with Gasteiger partial charge in [0, 0.05) is 30.4 Å². The summed E-state index contributed by atoms with van der Waals surface area (Å²) < 4.78 is 45.6. The standard InChI is InChI=1S/C25H25F3N6O3/c1-12(13-2-3-13)33-10-15-8-14(9-18(19(15)24(33)36)37-11-25(26,27)28)17-6-7-34-22(31-17)20(21(29)32-34)23(35)30-16-4-5-16/h6-9,12-13,16H,2-5,10-11H2,1H3,(H2,29,32)(H,30,35)/t12-/m0/s1. The molecule has 194 valence electrons. The number of halogens is 3. The molecule has 2 fully saturated rings. The number of anilines is 1. The van der Waals surface area contributed by atoms with Crippen molar-refractivity contribution in [3.8, 4) is 17.0 Å². The summed E-state index contributed by atoms with van der Waals surface area (Å²) in [5, 5.41) is 7.04. The second-order valence-corrected chi connectivity index (χ2v) is 10.0. The summed E-state index contributed by atoms with van der Waals surface area (Å²) in [6.45, 7) is 0.719. The molecular formula is C25H25F3N6O3. The first-order valence-electron chi connectivity index (χ1n) is 12.2. The summed E-state index contributed by atoms with van der Waals surface area (Å²) in [6, 6.07) is 4.86. The molecule has 9 nitrogen and oxygen atoms in total. The third kappa shape index (κ3) is 4.44. The monoisotopic (exact) mass is 514 g/mol. The highest BCUT2D eigenvalue weighted by molar-refractivity contribution is 6.05. The van der Waals surface area contributed by atoms with Gasteiger partial charge in [-0.2, -0.15) is 13.2 Å². The summed E-state index contributed by atoms with van der Waals surface area (Å²) in [6.07, 6.45) is 0.862. The Morgan fingerprint density at radius 3 is 2.70 bits per heavy atom. The topological polar surface area (TPSA) is 115 Å². The predicted molar refractivity (Wildman–Crippen MR) is 127 cm³/mol. The van der Waals surface area contributed by atoms with E-state index in [1.54, 1.807) is 23.2 Å². The summed E-state index contributed by atoms with van der Waals surface area (Å²) in [5.74, 6) is -0.418. The van der Waals surface area contributed by atoms with Crippen molar-refractivity contribution in [2.75, 3.05) is 12.3 Å². The van der Waals surface area contributed by atoms with Gasteiger partial charge in [0.15, 0.2) is 18.1 Å². The fourth-order valence-corrected chi connectivity index (χ4v) is 4.83. The maximum atomic E-state index is 13.2. The van der Waals surface area contributed by atoms with Gasteiger partial charge in [-0.05, 0) is 62.3 Å². The number of carbonyl (C=O) groups is 2. The maximum absolute atomic E-state index is 13.2. The Hall–Kier alpha value is -3.83. The van der Waals surface area contributed by atoms with Crippen molar-refractivity contribution in [3.05, 3.63) is 41.1 Å². The van der Waals surface area contributed by atoms with Crippen molar-refractivity contribution in [2.45, 2.75) is 57.4 Å². The fourth-order valence-electron chi connectivity index (χ4n) is 4.83. The van der Waals surface area contributed by atoms with Crippen LogP contribution < -0.4 is 15.8 Å². The molecular weight excluding hydrogens is 489 g/mol. The van der Waals surface area contributed by atoms with Crippen molar-refractivity contribution in [2.24, 2.45) is 5.92 Å². The number of rotatable bonds is 7. The van der Waals surface area contributed by atoms with Gasteiger partial charge in [0.05, 0.1) is 11.3 Å². The van der Waals surface area contributed by atoms with Crippen LogP contribution in [0.2, 0.25) is 0 Å². The third-order valence-corrected chi connectivity index (χ3v) is 7.13. The molecule has 2 saturated carbocycles. The van der Waals surface area contributed by atoms with Gasteiger partial charge in [0.2, 0.25) is 0 Å². The summed E-state index contributed by atoms with van der Waals surface area (Å²) in [5.41, 5.74) is 7.94. The SMILES string of the molecule is C[C@@H](C1CC1)N1Cc2cc(-c3ccn4nc(N)c(C(=O)NC5CC5)c4n3)cc(OCC(F)(F)F)c2C1=O. The summed E-state index contributed by atoms with van der Waals surface area (Å²) in [4.78, 5) is 32.3. The Morgan fingerprint density at radius 2 is 2.03 bits per heavy atom. The van der Waals surface area contributed by atoms with Crippen LogP contribution in [-0.2, 0) is 6.54 Å². The number of fused-ring (bicyclic) bond motifs is 2. The number of aromatic nitrogens is 3. The zero-order valence-electron chi connectivity index (χ0n) is 20.0. The zero-order valence-corrected chi connectivity index (χ0v) is 20.0. The smallest absolute Gasteiger partial charge is 0.422 e. The highest BCUT2D eigenvalue weighted by Gasteiger charge is 2.41. The molecule has 0 spiro atoms. The van der Waals surface area contributed by atoms with Crippen LogP contribution in [0.3, 0.4) is 0 Å². The molecule has 6 rings (SSSR count). The van der Waals surface area contributed by atoms with Crippen LogP contribution in [0.25, 0.3) is 16.9 Å². The molecule has 3 heterocycles. The number of amides is 2. The molecule has 37 heavy (non-hydrogen) atoms. The van der Waals surface area contributed by atoms with Gasteiger partial charge in [-0.3, -0.25) is 9.59 Å². The lowest BCUT2D eigenvalue weighted by Crippen LogP contribution is -2.34. The fraction of sp³-hybridized carbons (Fsp3) is 0.440. The van der Waals surface area contributed by atoms with E-state index in [2.05, 4.69) is 15.4 Å². The average molecular weight is 515 g/mol. The molecule has 0 radical (unpaired) electrons. The van der Waals surface area contributed by atoms with Crippen LogP contribution >= 0.6 is 0 Å². The second kappa shape index (κ2) is 8.35. The number of hydrogen-bond donors (Lipinski definition) is 2. The first kappa shape index (κ1) is 23.6. The first-order valence-corrected chi connectivity index (χ1v) is 12.2.